The summed E-state index contributed by atoms with van der Waals surface area (Å²) in [5.41, 5.74) is 1.68. The zero-order valence-electron chi connectivity index (χ0n) is 24.5. The third-order valence-electron chi connectivity index (χ3n) is 6.68. The Hall–Kier alpha value is -2.61. The Balaban J connectivity index is 2.60. The Morgan fingerprint density at radius 1 is 0.658 bits per heavy atom. The van der Waals surface area contributed by atoms with Crippen LogP contribution in [-0.4, -0.2) is 60.9 Å². The van der Waals surface area contributed by atoms with Crippen molar-refractivity contribution in [3.8, 4) is 11.5 Å². The molecule has 0 saturated carbocycles. The second-order valence-electron chi connectivity index (χ2n) is 12.1. The lowest BCUT2D eigenvalue weighted by atomic mass is 9.70. The summed E-state index contributed by atoms with van der Waals surface area (Å²) in [6.07, 6.45) is 0. The number of hydrogen-bond acceptors (Lipinski definition) is 7. The number of ether oxygens (including phenoxy) is 3. The molecule has 212 valence electrons. The summed E-state index contributed by atoms with van der Waals surface area (Å²) in [5.74, 6) is -0.574. The van der Waals surface area contributed by atoms with Crippen molar-refractivity contribution >= 4 is 5.97 Å². The van der Waals surface area contributed by atoms with Gasteiger partial charge in [0, 0.05) is 11.1 Å². The molecular weight excluding hydrogens is 484 g/mol. The van der Waals surface area contributed by atoms with Gasteiger partial charge in [-0.2, -0.15) is 0 Å². The fourth-order valence-corrected chi connectivity index (χ4v) is 4.55. The number of phenolic OH excluding ortho intramolecular Hbond substituents is 2. The number of aliphatic hydroxyl groups is 1. The van der Waals surface area contributed by atoms with Crippen molar-refractivity contribution in [2.24, 2.45) is 0 Å². The summed E-state index contributed by atoms with van der Waals surface area (Å²) in [5, 5.41) is 31.9. The third-order valence-corrected chi connectivity index (χ3v) is 6.68. The van der Waals surface area contributed by atoms with Gasteiger partial charge in [0.25, 0.3) is 0 Å². The number of carbonyl (C=O) groups excluding carboxylic acids is 1. The highest BCUT2D eigenvalue weighted by Gasteiger charge is 2.45. The van der Waals surface area contributed by atoms with E-state index < -0.39 is 11.4 Å². The van der Waals surface area contributed by atoms with E-state index in [9.17, 15) is 15.0 Å². The highest BCUT2D eigenvalue weighted by Crippen LogP contribution is 2.48. The molecule has 3 N–H and O–H groups in total. The molecular formula is C31H46O7. The minimum absolute atomic E-state index is 0.00810. The number of rotatable bonds is 11. The molecule has 7 nitrogen and oxygen atoms in total. The Morgan fingerprint density at radius 2 is 1.03 bits per heavy atom. The SMILES string of the molecule is Cc1cc(C(C)(C)C)c(O)c(C(C)(C(=O)OCCOCCOCCO)c2cc(C)cc(C(C)(C)C)c2O)c1. The van der Waals surface area contributed by atoms with E-state index in [4.69, 9.17) is 19.3 Å². The summed E-state index contributed by atoms with van der Waals surface area (Å²) < 4.78 is 16.4. The second kappa shape index (κ2) is 12.5. The third kappa shape index (κ3) is 7.28. The quantitative estimate of drug-likeness (QED) is 0.271. The molecule has 0 aromatic heterocycles. The summed E-state index contributed by atoms with van der Waals surface area (Å²) in [6, 6.07) is 7.43. The highest BCUT2D eigenvalue weighted by molar-refractivity contribution is 5.90. The largest absolute Gasteiger partial charge is 0.507 e. The molecule has 0 aliphatic rings. The molecule has 0 radical (unpaired) electrons. The van der Waals surface area contributed by atoms with E-state index in [-0.39, 0.29) is 48.8 Å². The molecule has 0 fully saturated rings. The van der Waals surface area contributed by atoms with Crippen molar-refractivity contribution < 1.29 is 34.3 Å². The first kappa shape index (κ1) is 31.6. The number of aliphatic hydroxyl groups excluding tert-OH is 1. The number of aryl methyl sites for hydroxylation is 2. The predicted molar refractivity (Wildman–Crippen MR) is 149 cm³/mol. The Labute approximate surface area is 227 Å². The lowest BCUT2D eigenvalue weighted by Gasteiger charge is -2.34. The first-order valence-corrected chi connectivity index (χ1v) is 13.2. The maximum absolute atomic E-state index is 13.9. The normalized spacial score (nSPS) is 12.6. The van der Waals surface area contributed by atoms with Crippen LogP contribution in [0.5, 0.6) is 11.5 Å². The molecule has 0 unspecified atom stereocenters. The smallest absolute Gasteiger partial charge is 0.321 e. The fourth-order valence-electron chi connectivity index (χ4n) is 4.55. The van der Waals surface area contributed by atoms with Crippen LogP contribution in [-0.2, 0) is 35.3 Å². The number of benzene rings is 2. The average Bonchev–Trinajstić information content (AvgIpc) is 2.81. The number of esters is 1. The fraction of sp³-hybridized carbons (Fsp3) is 0.581. The zero-order chi connectivity index (χ0) is 28.9. The molecule has 0 bridgehead atoms. The minimum Gasteiger partial charge on any atom is -0.507 e. The van der Waals surface area contributed by atoms with Gasteiger partial charge in [-0.3, -0.25) is 4.79 Å². The van der Waals surface area contributed by atoms with Gasteiger partial charge in [-0.1, -0.05) is 76.9 Å². The maximum Gasteiger partial charge on any atom is 0.321 e. The Morgan fingerprint density at radius 3 is 1.42 bits per heavy atom. The molecule has 2 aromatic carbocycles. The van der Waals surface area contributed by atoms with Crippen LogP contribution < -0.4 is 0 Å². The molecule has 0 aliphatic carbocycles. The number of hydrogen-bond donors (Lipinski definition) is 3. The molecule has 2 rings (SSSR count). The molecule has 0 aliphatic heterocycles. The van der Waals surface area contributed by atoms with E-state index in [1.807, 2.05) is 67.5 Å². The van der Waals surface area contributed by atoms with Gasteiger partial charge in [0.1, 0.15) is 23.5 Å². The maximum atomic E-state index is 13.9. The van der Waals surface area contributed by atoms with E-state index in [0.717, 1.165) is 11.1 Å². The van der Waals surface area contributed by atoms with Gasteiger partial charge in [-0.05, 0) is 42.7 Å². The molecule has 2 aromatic rings. The van der Waals surface area contributed by atoms with E-state index in [1.165, 1.54) is 0 Å². The van der Waals surface area contributed by atoms with Crippen LogP contribution in [0.4, 0.5) is 0 Å². The molecule has 7 heteroatoms. The monoisotopic (exact) mass is 530 g/mol. The number of carbonyl (C=O) groups is 1. The molecule has 38 heavy (non-hydrogen) atoms. The average molecular weight is 531 g/mol. The molecule has 0 spiro atoms. The minimum atomic E-state index is -1.50. The van der Waals surface area contributed by atoms with Crippen molar-refractivity contribution in [2.75, 3.05) is 39.6 Å². The van der Waals surface area contributed by atoms with E-state index in [1.54, 1.807) is 19.1 Å². The van der Waals surface area contributed by atoms with Crippen molar-refractivity contribution in [3.05, 3.63) is 57.6 Å². The van der Waals surface area contributed by atoms with Gasteiger partial charge < -0.3 is 29.5 Å². The topological polar surface area (TPSA) is 105 Å². The van der Waals surface area contributed by atoms with Gasteiger partial charge >= 0.3 is 5.97 Å². The number of aromatic hydroxyl groups is 2. The van der Waals surface area contributed by atoms with Gasteiger partial charge in [0.05, 0.1) is 33.0 Å². The van der Waals surface area contributed by atoms with Crippen molar-refractivity contribution in [1.29, 1.82) is 0 Å². The predicted octanol–water partition coefficient (Wildman–Crippen LogP) is 5.18. The standard InChI is InChI=1S/C31H46O7/c1-20-16-22(29(3,4)5)26(33)24(18-20)31(9,28(35)38-15-14-37-13-12-36-11-10-32)25-19-21(2)17-23(27(25)34)30(6,7)8/h16-19,32-34H,10-15H2,1-9H3. The summed E-state index contributed by atoms with van der Waals surface area (Å²) in [7, 11) is 0. The number of phenols is 2. The molecule has 0 amide bonds. The van der Waals surface area contributed by atoms with Crippen LogP contribution in [0.25, 0.3) is 0 Å². The van der Waals surface area contributed by atoms with E-state index in [0.29, 0.717) is 35.5 Å². The molecule has 0 atom stereocenters. The zero-order valence-corrected chi connectivity index (χ0v) is 24.5. The summed E-state index contributed by atoms with van der Waals surface area (Å²) >= 11 is 0. The first-order chi connectivity index (χ1) is 17.5. The van der Waals surface area contributed by atoms with Crippen LogP contribution in [0.3, 0.4) is 0 Å². The lowest BCUT2D eigenvalue weighted by molar-refractivity contribution is -0.150. The molecule has 0 saturated heterocycles. The molecule has 0 heterocycles. The van der Waals surface area contributed by atoms with Crippen molar-refractivity contribution in [1.82, 2.24) is 0 Å². The van der Waals surface area contributed by atoms with E-state index >= 15 is 0 Å². The van der Waals surface area contributed by atoms with Gasteiger partial charge in [0.2, 0.25) is 0 Å². The van der Waals surface area contributed by atoms with Gasteiger partial charge in [-0.25, -0.2) is 0 Å². The van der Waals surface area contributed by atoms with Gasteiger partial charge in [-0.15, -0.1) is 0 Å². The van der Waals surface area contributed by atoms with E-state index in [2.05, 4.69) is 0 Å². The van der Waals surface area contributed by atoms with Crippen molar-refractivity contribution in [2.45, 2.75) is 78.6 Å². The lowest BCUT2D eigenvalue weighted by Crippen LogP contribution is -2.37. The highest BCUT2D eigenvalue weighted by atomic mass is 16.6. The van der Waals surface area contributed by atoms with Crippen LogP contribution in [0.15, 0.2) is 24.3 Å². The second-order valence-corrected chi connectivity index (χ2v) is 12.1. The first-order valence-electron chi connectivity index (χ1n) is 13.2. The summed E-state index contributed by atoms with van der Waals surface area (Å²) in [6.45, 7) is 18.5. The van der Waals surface area contributed by atoms with Crippen LogP contribution in [0.1, 0.15) is 81.8 Å². The van der Waals surface area contributed by atoms with Crippen LogP contribution >= 0.6 is 0 Å². The summed E-state index contributed by atoms with van der Waals surface area (Å²) in [4.78, 5) is 13.9. The van der Waals surface area contributed by atoms with Crippen LogP contribution in [0, 0.1) is 13.8 Å². The van der Waals surface area contributed by atoms with Crippen molar-refractivity contribution in [3.63, 3.8) is 0 Å². The van der Waals surface area contributed by atoms with Crippen LogP contribution in [0.2, 0.25) is 0 Å². The Kier molecular flexibility index (Phi) is 10.4. The Bertz CT molecular complexity index is 1040. The van der Waals surface area contributed by atoms with Gasteiger partial charge in [0.15, 0.2) is 0 Å².